The molecule has 2 heterocycles. The Hall–Kier alpha value is -8.68. The van der Waals surface area contributed by atoms with Crippen LogP contribution in [0.3, 0.4) is 0 Å². The Bertz CT molecular complexity index is 3440. The maximum atomic E-state index is 13.8. The van der Waals surface area contributed by atoms with Gasteiger partial charge in [0, 0.05) is 48.4 Å². The van der Waals surface area contributed by atoms with Gasteiger partial charge in [0.15, 0.2) is 0 Å². The fourth-order valence-electron chi connectivity index (χ4n) is 10.9. The molecule has 4 aromatic rings. The zero-order valence-corrected chi connectivity index (χ0v) is 59.8. The molecule has 3 aromatic carbocycles. The van der Waals surface area contributed by atoms with Crippen molar-refractivity contribution in [3.8, 4) is 17.2 Å². The average Bonchev–Trinajstić information content (AvgIpc) is 1.21. The van der Waals surface area contributed by atoms with Crippen LogP contribution in [0.2, 0.25) is 0 Å². The molecule has 1 aliphatic heterocycles. The number of nitro benzene ring substituents is 1. The van der Waals surface area contributed by atoms with Crippen LogP contribution < -0.4 is 39.9 Å². The zero-order valence-electron chi connectivity index (χ0n) is 59.8. The normalized spacial score (nSPS) is 15.4. The first-order valence-electron chi connectivity index (χ1n) is 32.9. The smallest absolute Gasteiger partial charge is 0.349 e. The number of ether oxygens (including phenoxy) is 9. The number of esters is 6. The predicted octanol–water partition coefficient (Wildman–Crippen LogP) is 10.3. The molecule has 0 bridgehead atoms. The lowest BCUT2D eigenvalue weighted by molar-refractivity contribution is -0.385. The Labute approximate surface area is 568 Å². The highest BCUT2D eigenvalue weighted by Crippen LogP contribution is 2.39. The van der Waals surface area contributed by atoms with Crippen LogP contribution in [0.1, 0.15) is 179 Å². The molecule has 1 saturated carbocycles. The summed E-state index contributed by atoms with van der Waals surface area (Å²) in [7, 11) is 0. The standard InChI is InChI=1S/C71H100N6O20/c1-66(2,3)92-58(78)38-74(39-59(79)93-67(4,5)6)48-24-22-47(23-25-48)72-64(84)51-33-45-21-27-50(36-55(45)91-65(51)85)90-44-46-34-54(76(42-62(82)96-70(13,14)15)43-63(83)97-71(16,17)18)57(37-53(46)77(86)87)89-32-31-88-56-35-49(73-29-19-20-30-73)26-28-52(56)75(40-60(80)94-68(7,8)9)41-61(81)95-69(10,11)12/h21,26-28,33-37,47-48H,19-20,22-25,29-32,38-44H2,1-18H3,(H,72,84). The van der Waals surface area contributed by atoms with Crippen LogP contribution in [0.5, 0.6) is 17.2 Å². The van der Waals surface area contributed by atoms with Crippen molar-refractivity contribution < 1.29 is 85.5 Å². The van der Waals surface area contributed by atoms with Gasteiger partial charge in [-0.2, -0.15) is 0 Å². The van der Waals surface area contributed by atoms with Crippen molar-refractivity contribution in [2.45, 2.75) is 215 Å². The molecule has 534 valence electrons. The van der Waals surface area contributed by atoms with E-state index in [2.05, 4.69) is 10.2 Å². The van der Waals surface area contributed by atoms with Gasteiger partial charge in [-0.3, -0.25) is 48.6 Å². The third kappa shape index (κ3) is 26.0. The first kappa shape index (κ1) is 77.3. The van der Waals surface area contributed by atoms with Crippen molar-refractivity contribution in [1.82, 2.24) is 10.2 Å². The number of benzene rings is 3. The lowest BCUT2D eigenvalue weighted by Crippen LogP contribution is -2.49. The summed E-state index contributed by atoms with van der Waals surface area (Å²) >= 11 is 0. The van der Waals surface area contributed by atoms with Gasteiger partial charge in [0.1, 0.15) is 108 Å². The number of hydrogen-bond acceptors (Lipinski definition) is 24. The molecule has 0 unspecified atom stereocenters. The van der Waals surface area contributed by atoms with E-state index >= 15 is 0 Å². The molecule has 1 aliphatic carbocycles. The largest absolute Gasteiger partial charge is 0.489 e. The van der Waals surface area contributed by atoms with Crippen LogP contribution in [0, 0.1) is 10.1 Å². The van der Waals surface area contributed by atoms with Crippen molar-refractivity contribution in [3.05, 3.63) is 86.3 Å². The fourth-order valence-corrected chi connectivity index (χ4v) is 10.9. The third-order valence-electron chi connectivity index (χ3n) is 14.4. The molecule has 0 spiro atoms. The summed E-state index contributed by atoms with van der Waals surface area (Å²) in [6, 6.07) is 13.2. The van der Waals surface area contributed by atoms with Gasteiger partial charge in [-0.05, 0) is 200 Å². The van der Waals surface area contributed by atoms with Crippen molar-refractivity contribution in [2.24, 2.45) is 0 Å². The second-order valence-electron chi connectivity index (χ2n) is 30.3. The molecule has 97 heavy (non-hydrogen) atoms. The molecule has 26 nitrogen and oxygen atoms in total. The molecule has 1 amide bonds. The number of amides is 1. The first-order valence-corrected chi connectivity index (χ1v) is 32.9. The van der Waals surface area contributed by atoms with E-state index in [1.807, 2.05) is 6.07 Å². The Kier molecular flexibility index (Phi) is 25.6. The van der Waals surface area contributed by atoms with Crippen LogP contribution in [-0.4, -0.2) is 163 Å². The van der Waals surface area contributed by atoms with Gasteiger partial charge >= 0.3 is 41.4 Å². The number of nitro groups is 1. The fraction of sp³-hybridized carbons (Fsp3) is 0.606. The second-order valence-corrected chi connectivity index (χ2v) is 30.3. The van der Waals surface area contributed by atoms with Gasteiger partial charge in [-0.25, -0.2) is 4.79 Å². The SMILES string of the molecule is CC(C)(C)OC(=O)CN(CC(=O)OC(C)(C)C)c1ccc(N2CCCC2)cc1OCCOc1cc([N+](=O)[O-])c(COc2ccc3cc(C(=O)NC4CCC(N(CC(=O)OC(C)(C)C)CC(=O)OC(C)(C)C)CC4)c(=O)oc3c2)cc1N(CC(=O)OC(C)(C)C)CC(=O)OC(C)(C)C. The van der Waals surface area contributed by atoms with E-state index in [1.165, 1.54) is 34.1 Å². The number of nitrogens with one attached hydrogen (secondary N) is 1. The van der Waals surface area contributed by atoms with Crippen LogP contribution in [0.15, 0.2) is 63.8 Å². The number of hydrogen-bond donors (Lipinski definition) is 1. The lowest BCUT2D eigenvalue weighted by Gasteiger charge is -2.37. The van der Waals surface area contributed by atoms with Crippen molar-refractivity contribution in [1.29, 1.82) is 0 Å². The Balaban J connectivity index is 1.27. The summed E-state index contributed by atoms with van der Waals surface area (Å²) in [5.74, 6) is -4.16. The molecule has 0 atom stereocenters. The van der Waals surface area contributed by atoms with Crippen molar-refractivity contribution >= 4 is 75.4 Å². The monoisotopic (exact) mass is 1360 g/mol. The molecule has 6 rings (SSSR count). The highest BCUT2D eigenvalue weighted by molar-refractivity contribution is 5.97. The van der Waals surface area contributed by atoms with E-state index in [4.69, 9.17) is 47.0 Å². The highest BCUT2D eigenvalue weighted by atomic mass is 16.6. The van der Waals surface area contributed by atoms with E-state index in [0.29, 0.717) is 36.8 Å². The van der Waals surface area contributed by atoms with Crippen LogP contribution in [-0.2, 0) is 63.8 Å². The van der Waals surface area contributed by atoms with Gasteiger partial charge in [0.25, 0.3) is 11.6 Å². The molecular weight excluding hydrogens is 1260 g/mol. The van der Waals surface area contributed by atoms with Gasteiger partial charge < -0.3 is 67.1 Å². The Morgan fingerprint density at radius 1 is 0.536 bits per heavy atom. The van der Waals surface area contributed by atoms with E-state index in [1.54, 1.807) is 148 Å². The quantitative estimate of drug-likeness (QED) is 0.0145. The maximum absolute atomic E-state index is 13.8. The molecule has 1 aromatic heterocycles. The Morgan fingerprint density at radius 2 is 0.969 bits per heavy atom. The topological polar surface area (TPSA) is 301 Å². The van der Waals surface area contributed by atoms with E-state index < -0.39 is 111 Å². The molecular formula is C71H100N6O20. The average molecular weight is 1360 g/mol. The van der Waals surface area contributed by atoms with Crippen LogP contribution in [0.4, 0.5) is 22.7 Å². The van der Waals surface area contributed by atoms with Gasteiger partial charge in [0.05, 0.1) is 41.0 Å². The van der Waals surface area contributed by atoms with Gasteiger partial charge in [0.2, 0.25) is 0 Å². The lowest BCUT2D eigenvalue weighted by atomic mass is 9.90. The van der Waals surface area contributed by atoms with E-state index in [-0.39, 0.29) is 91.1 Å². The van der Waals surface area contributed by atoms with Crippen LogP contribution >= 0.6 is 0 Å². The van der Waals surface area contributed by atoms with E-state index in [0.717, 1.165) is 37.7 Å². The maximum Gasteiger partial charge on any atom is 0.349 e. The van der Waals surface area contributed by atoms with Crippen LogP contribution in [0.25, 0.3) is 11.0 Å². The highest BCUT2D eigenvalue weighted by Gasteiger charge is 2.35. The number of fused-ring (bicyclic) bond motifs is 1. The number of rotatable bonds is 27. The summed E-state index contributed by atoms with van der Waals surface area (Å²) in [5.41, 5.74) is -5.56. The first-order chi connectivity index (χ1) is 44.8. The molecule has 2 aliphatic rings. The van der Waals surface area contributed by atoms with Gasteiger partial charge in [-0.15, -0.1) is 0 Å². The minimum Gasteiger partial charge on any atom is -0.489 e. The van der Waals surface area contributed by atoms with Gasteiger partial charge in [-0.1, -0.05) is 0 Å². The summed E-state index contributed by atoms with van der Waals surface area (Å²) in [6.07, 6.45) is 3.91. The molecule has 1 saturated heterocycles. The molecule has 26 heteroatoms. The molecule has 1 N–H and O–H groups in total. The third-order valence-corrected chi connectivity index (χ3v) is 14.4. The molecule has 2 fully saturated rings. The number of anilines is 3. The zero-order chi connectivity index (χ0) is 72.2. The summed E-state index contributed by atoms with van der Waals surface area (Å²) in [6.45, 7) is 29.5. The predicted molar refractivity (Wildman–Crippen MR) is 363 cm³/mol. The number of carbonyl (C=O) groups excluding carboxylic acids is 7. The van der Waals surface area contributed by atoms with Crippen molar-refractivity contribution in [3.63, 3.8) is 0 Å². The molecule has 0 radical (unpaired) electrons. The van der Waals surface area contributed by atoms with E-state index in [9.17, 15) is 48.5 Å². The Morgan fingerprint density at radius 3 is 1.41 bits per heavy atom. The second kappa shape index (κ2) is 32.1. The summed E-state index contributed by atoms with van der Waals surface area (Å²) in [4.78, 5) is 127. The minimum absolute atomic E-state index is 0.0280. The van der Waals surface area contributed by atoms with Crippen molar-refractivity contribution in [2.75, 3.05) is 80.3 Å². The minimum atomic E-state index is -0.961. The summed E-state index contributed by atoms with van der Waals surface area (Å²) < 4.78 is 58.6. The number of carbonyl (C=O) groups is 7. The number of nitrogens with zero attached hydrogens (tertiary/aromatic N) is 5. The summed E-state index contributed by atoms with van der Waals surface area (Å²) in [5, 5.41) is 16.4.